The van der Waals surface area contributed by atoms with E-state index in [1.165, 1.54) is 14.7 Å². The molecule has 0 radical (unpaired) electrons. The van der Waals surface area contributed by atoms with Crippen molar-refractivity contribution in [2.24, 2.45) is 0 Å². The molecular formula is C19H22N2O3S2. The lowest BCUT2D eigenvalue weighted by Gasteiger charge is -2.33. The Balaban J connectivity index is 1.55. The van der Waals surface area contributed by atoms with Crippen LogP contribution in [0.2, 0.25) is 0 Å². The standard InChI is InChI=1S/C19H22N2O3S2/c1-14-17-9-13-25-18(17)8-12-21(14)19(22)15-4-6-16(7-5-15)26(23,24)20-10-2-3-11-20/h4-7,9,13-14H,2-3,8,10-12H2,1H3. The van der Waals surface area contributed by atoms with Crippen LogP contribution in [-0.4, -0.2) is 43.2 Å². The Kier molecular flexibility index (Phi) is 4.62. The minimum atomic E-state index is -3.44. The summed E-state index contributed by atoms with van der Waals surface area (Å²) < 4.78 is 26.7. The fourth-order valence-corrected chi connectivity index (χ4v) is 6.28. The summed E-state index contributed by atoms with van der Waals surface area (Å²) in [5.74, 6) is -0.0422. The van der Waals surface area contributed by atoms with Gasteiger partial charge in [0.05, 0.1) is 10.9 Å². The molecular weight excluding hydrogens is 368 g/mol. The smallest absolute Gasteiger partial charge is 0.254 e. The van der Waals surface area contributed by atoms with Crippen molar-refractivity contribution in [2.45, 2.75) is 37.1 Å². The summed E-state index contributed by atoms with van der Waals surface area (Å²) in [6.45, 7) is 3.91. The molecule has 1 unspecified atom stereocenters. The summed E-state index contributed by atoms with van der Waals surface area (Å²) in [6.07, 6.45) is 2.70. The number of amides is 1. The monoisotopic (exact) mass is 390 g/mol. The van der Waals surface area contributed by atoms with Gasteiger partial charge in [0.25, 0.3) is 5.91 Å². The van der Waals surface area contributed by atoms with Gasteiger partial charge in [-0.3, -0.25) is 4.79 Å². The van der Waals surface area contributed by atoms with Gasteiger partial charge in [-0.15, -0.1) is 11.3 Å². The van der Waals surface area contributed by atoms with E-state index in [4.69, 9.17) is 0 Å². The third kappa shape index (κ3) is 2.98. The fourth-order valence-electron chi connectivity index (χ4n) is 3.80. The zero-order valence-corrected chi connectivity index (χ0v) is 16.4. The maximum atomic E-state index is 12.9. The van der Waals surface area contributed by atoms with E-state index in [9.17, 15) is 13.2 Å². The third-order valence-corrected chi connectivity index (χ3v) is 8.25. The fraction of sp³-hybridized carbons (Fsp3) is 0.421. The maximum absolute atomic E-state index is 12.9. The van der Waals surface area contributed by atoms with E-state index in [1.807, 2.05) is 4.90 Å². The van der Waals surface area contributed by atoms with Crippen molar-refractivity contribution in [1.29, 1.82) is 0 Å². The number of hydrogen-bond donors (Lipinski definition) is 0. The van der Waals surface area contributed by atoms with Crippen LogP contribution >= 0.6 is 11.3 Å². The summed E-state index contributed by atoms with van der Waals surface area (Å²) in [5.41, 5.74) is 1.76. The Morgan fingerprint density at radius 1 is 1.08 bits per heavy atom. The minimum absolute atomic E-state index is 0.0422. The third-order valence-electron chi connectivity index (χ3n) is 5.34. The molecule has 7 heteroatoms. The van der Waals surface area contributed by atoms with Crippen LogP contribution < -0.4 is 0 Å². The lowest BCUT2D eigenvalue weighted by molar-refractivity contribution is 0.0679. The van der Waals surface area contributed by atoms with Gasteiger partial charge in [0, 0.05) is 30.1 Å². The summed E-state index contributed by atoms with van der Waals surface area (Å²) in [7, 11) is -3.44. The SMILES string of the molecule is CC1c2ccsc2CCN1C(=O)c1ccc(S(=O)(=O)N2CCCC2)cc1. The maximum Gasteiger partial charge on any atom is 0.254 e. The highest BCUT2D eigenvalue weighted by molar-refractivity contribution is 7.89. The Bertz CT molecular complexity index is 913. The molecule has 3 heterocycles. The van der Waals surface area contributed by atoms with Gasteiger partial charge in [0.15, 0.2) is 0 Å². The first-order chi connectivity index (χ1) is 12.5. The second-order valence-corrected chi connectivity index (χ2v) is 9.80. The van der Waals surface area contributed by atoms with Crippen LogP contribution in [0.1, 0.15) is 46.6 Å². The van der Waals surface area contributed by atoms with Crippen LogP contribution in [0.25, 0.3) is 0 Å². The number of sulfonamides is 1. The van der Waals surface area contributed by atoms with Crippen LogP contribution in [0.3, 0.4) is 0 Å². The zero-order chi connectivity index (χ0) is 18.3. The normalized spacial score (nSPS) is 21.0. The largest absolute Gasteiger partial charge is 0.331 e. The van der Waals surface area contributed by atoms with Crippen molar-refractivity contribution < 1.29 is 13.2 Å². The van der Waals surface area contributed by atoms with Crippen molar-refractivity contribution in [3.05, 3.63) is 51.7 Å². The molecule has 1 fully saturated rings. The Morgan fingerprint density at radius 3 is 2.46 bits per heavy atom. The Hall–Kier alpha value is -1.70. The highest BCUT2D eigenvalue weighted by Crippen LogP contribution is 2.33. The van der Waals surface area contributed by atoms with Gasteiger partial charge in [-0.1, -0.05) is 0 Å². The highest BCUT2D eigenvalue weighted by Gasteiger charge is 2.30. The van der Waals surface area contributed by atoms with Crippen LogP contribution in [0.15, 0.2) is 40.6 Å². The Morgan fingerprint density at radius 2 is 1.77 bits per heavy atom. The first-order valence-electron chi connectivity index (χ1n) is 8.96. The molecule has 4 rings (SSSR count). The van der Waals surface area contributed by atoms with Crippen molar-refractivity contribution in [3.8, 4) is 0 Å². The number of rotatable bonds is 3. The van der Waals surface area contributed by atoms with Gasteiger partial charge in [0.1, 0.15) is 0 Å². The summed E-state index contributed by atoms with van der Waals surface area (Å²) in [4.78, 5) is 16.4. The van der Waals surface area contributed by atoms with Crippen LogP contribution in [0, 0.1) is 0 Å². The topological polar surface area (TPSA) is 57.7 Å². The van der Waals surface area contributed by atoms with Gasteiger partial charge >= 0.3 is 0 Å². The lowest BCUT2D eigenvalue weighted by Crippen LogP contribution is -2.38. The van der Waals surface area contributed by atoms with Crippen molar-refractivity contribution in [1.82, 2.24) is 9.21 Å². The molecule has 2 aliphatic heterocycles. The zero-order valence-electron chi connectivity index (χ0n) is 14.7. The Labute approximate surface area is 158 Å². The van der Waals surface area contributed by atoms with E-state index in [1.54, 1.807) is 35.6 Å². The molecule has 0 aliphatic carbocycles. The molecule has 1 atom stereocenters. The van der Waals surface area contributed by atoms with E-state index >= 15 is 0 Å². The number of hydrogen-bond acceptors (Lipinski definition) is 4. The molecule has 26 heavy (non-hydrogen) atoms. The molecule has 2 aliphatic rings. The van der Waals surface area contributed by atoms with E-state index < -0.39 is 10.0 Å². The van der Waals surface area contributed by atoms with Gasteiger partial charge in [-0.05, 0) is 67.5 Å². The molecule has 1 amide bonds. The number of benzene rings is 1. The predicted molar refractivity (Wildman–Crippen MR) is 102 cm³/mol. The molecule has 1 aromatic carbocycles. The molecule has 1 aromatic heterocycles. The highest BCUT2D eigenvalue weighted by atomic mass is 32.2. The molecule has 0 saturated carbocycles. The number of fused-ring (bicyclic) bond motifs is 1. The molecule has 1 saturated heterocycles. The summed E-state index contributed by atoms with van der Waals surface area (Å²) in [6, 6.07) is 8.54. The van der Waals surface area contributed by atoms with Gasteiger partial charge in [-0.2, -0.15) is 4.31 Å². The van der Waals surface area contributed by atoms with Crippen molar-refractivity contribution in [2.75, 3.05) is 19.6 Å². The number of nitrogens with zero attached hydrogens (tertiary/aromatic N) is 2. The molecule has 0 bridgehead atoms. The van der Waals surface area contributed by atoms with E-state index in [-0.39, 0.29) is 16.8 Å². The number of carbonyl (C=O) groups excluding carboxylic acids is 1. The molecule has 138 valence electrons. The van der Waals surface area contributed by atoms with Crippen LogP contribution in [0.4, 0.5) is 0 Å². The molecule has 0 spiro atoms. The average Bonchev–Trinajstić information content (AvgIpc) is 3.34. The number of thiophene rings is 1. The second kappa shape index (κ2) is 6.79. The van der Waals surface area contributed by atoms with Crippen molar-refractivity contribution >= 4 is 27.3 Å². The summed E-state index contributed by atoms with van der Waals surface area (Å²) in [5, 5.41) is 2.08. The van der Waals surface area contributed by atoms with Crippen LogP contribution in [-0.2, 0) is 16.4 Å². The first kappa shape index (κ1) is 17.7. The first-order valence-corrected chi connectivity index (χ1v) is 11.3. The average molecular weight is 391 g/mol. The summed E-state index contributed by atoms with van der Waals surface area (Å²) >= 11 is 1.75. The van der Waals surface area contributed by atoms with E-state index in [0.29, 0.717) is 25.2 Å². The van der Waals surface area contributed by atoms with Crippen LogP contribution in [0.5, 0.6) is 0 Å². The second-order valence-electron chi connectivity index (χ2n) is 6.86. The quantitative estimate of drug-likeness (QED) is 0.808. The van der Waals surface area contributed by atoms with Crippen molar-refractivity contribution in [3.63, 3.8) is 0 Å². The lowest BCUT2D eigenvalue weighted by atomic mass is 10.0. The minimum Gasteiger partial charge on any atom is -0.331 e. The van der Waals surface area contributed by atoms with Gasteiger partial charge in [0.2, 0.25) is 10.0 Å². The van der Waals surface area contributed by atoms with Gasteiger partial charge in [-0.25, -0.2) is 8.42 Å². The van der Waals surface area contributed by atoms with Gasteiger partial charge < -0.3 is 4.90 Å². The molecule has 5 nitrogen and oxygen atoms in total. The predicted octanol–water partition coefficient (Wildman–Crippen LogP) is 3.29. The molecule has 0 N–H and O–H groups in total. The number of carbonyl (C=O) groups is 1. The van der Waals surface area contributed by atoms with E-state index in [2.05, 4.69) is 18.4 Å². The molecule has 2 aromatic rings. The van der Waals surface area contributed by atoms with E-state index in [0.717, 1.165) is 19.3 Å².